The molecule has 1 atom stereocenters. The van der Waals surface area contributed by atoms with Gasteiger partial charge in [-0.2, -0.15) is 0 Å². The summed E-state index contributed by atoms with van der Waals surface area (Å²) in [6.45, 7) is 1.60. The highest BCUT2D eigenvalue weighted by Gasteiger charge is 2.34. The van der Waals surface area contributed by atoms with Crippen LogP contribution in [-0.4, -0.2) is 78.3 Å². The smallest absolute Gasteiger partial charge is 0.291 e. The minimum Gasteiger partial charge on any atom is -0.438 e. The number of likely N-dealkylation sites (N-methyl/N-ethyl adjacent to an activating group) is 2. The molecule has 1 saturated heterocycles. The number of rotatable bonds is 2. The number of piperazine rings is 1. The van der Waals surface area contributed by atoms with E-state index < -0.39 is 0 Å². The van der Waals surface area contributed by atoms with Gasteiger partial charge in [0.1, 0.15) is 6.04 Å². The van der Waals surface area contributed by atoms with Crippen molar-refractivity contribution < 1.29 is 14.0 Å². The van der Waals surface area contributed by atoms with E-state index in [0.29, 0.717) is 19.6 Å². The molecule has 2 amide bonds. The van der Waals surface area contributed by atoms with Gasteiger partial charge in [0.25, 0.3) is 5.91 Å². The largest absolute Gasteiger partial charge is 0.438 e. The Hall–Kier alpha value is -1.89. The van der Waals surface area contributed by atoms with Crippen molar-refractivity contribution in [1.82, 2.24) is 19.7 Å². The van der Waals surface area contributed by atoms with Crippen LogP contribution in [0, 0.1) is 0 Å². The molecule has 1 aromatic rings. The van der Waals surface area contributed by atoms with Gasteiger partial charge in [0, 0.05) is 33.7 Å². The number of amides is 2. The van der Waals surface area contributed by atoms with Crippen molar-refractivity contribution in [1.29, 1.82) is 0 Å². The van der Waals surface area contributed by atoms with Gasteiger partial charge in [-0.1, -0.05) is 0 Å². The van der Waals surface area contributed by atoms with Crippen LogP contribution >= 0.6 is 0 Å². The zero-order valence-corrected chi connectivity index (χ0v) is 11.4. The first-order valence-corrected chi connectivity index (χ1v) is 6.10. The lowest BCUT2D eigenvalue weighted by molar-refractivity contribution is -0.135. The van der Waals surface area contributed by atoms with Crippen molar-refractivity contribution in [3.63, 3.8) is 0 Å². The maximum Gasteiger partial charge on any atom is 0.291 e. The summed E-state index contributed by atoms with van der Waals surface area (Å²) >= 11 is 0. The predicted octanol–water partition coefficient (Wildman–Crippen LogP) is -0.481. The molecule has 1 aliphatic heterocycles. The van der Waals surface area contributed by atoms with Crippen LogP contribution < -0.4 is 0 Å². The molecule has 104 valence electrons. The third-order valence-electron chi connectivity index (χ3n) is 3.30. The third kappa shape index (κ3) is 2.76. The second kappa shape index (κ2) is 5.40. The van der Waals surface area contributed by atoms with E-state index in [-0.39, 0.29) is 23.6 Å². The van der Waals surface area contributed by atoms with Gasteiger partial charge in [0.05, 0.1) is 6.20 Å². The standard InChI is InChI=1S/C12H18N4O3/c1-14(2)11(17)9-7-16(5-4-15(9)3)12(18)10-6-13-8-19-10/h6,8-9H,4-5,7H2,1-3H3/t9-/m0/s1. The van der Waals surface area contributed by atoms with Crippen LogP contribution in [0.5, 0.6) is 0 Å². The van der Waals surface area contributed by atoms with Crippen LogP contribution in [0.4, 0.5) is 0 Å². The van der Waals surface area contributed by atoms with Crippen LogP contribution in [0.2, 0.25) is 0 Å². The van der Waals surface area contributed by atoms with Crippen LogP contribution in [0.15, 0.2) is 17.0 Å². The summed E-state index contributed by atoms with van der Waals surface area (Å²) in [7, 11) is 5.32. The Labute approximate surface area is 111 Å². The van der Waals surface area contributed by atoms with Crippen LogP contribution in [0.1, 0.15) is 10.6 Å². The number of nitrogens with zero attached hydrogens (tertiary/aromatic N) is 4. The Morgan fingerprint density at radius 3 is 2.74 bits per heavy atom. The summed E-state index contributed by atoms with van der Waals surface area (Å²) in [5, 5.41) is 0. The monoisotopic (exact) mass is 266 g/mol. The summed E-state index contributed by atoms with van der Waals surface area (Å²) in [4.78, 5) is 33.1. The quantitative estimate of drug-likeness (QED) is 0.723. The average Bonchev–Trinajstić information content (AvgIpc) is 2.91. The minimum atomic E-state index is -0.310. The van der Waals surface area contributed by atoms with Gasteiger partial charge >= 0.3 is 0 Å². The number of carbonyl (C=O) groups excluding carboxylic acids is 2. The molecular formula is C12H18N4O3. The number of hydrogen-bond donors (Lipinski definition) is 0. The molecule has 1 aliphatic rings. The van der Waals surface area contributed by atoms with Gasteiger partial charge in [-0.05, 0) is 7.05 Å². The second-order valence-electron chi connectivity index (χ2n) is 4.85. The van der Waals surface area contributed by atoms with Gasteiger partial charge in [-0.25, -0.2) is 4.98 Å². The number of aromatic nitrogens is 1. The molecule has 1 aromatic heterocycles. The Morgan fingerprint density at radius 1 is 1.42 bits per heavy atom. The van der Waals surface area contributed by atoms with Crippen molar-refractivity contribution in [2.45, 2.75) is 6.04 Å². The summed E-state index contributed by atoms with van der Waals surface area (Å²) in [5.41, 5.74) is 0. The Morgan fingerprint density at radius 2 is 2.16 bits per heavy atom. The fraction of sp³-hybridized carbons (Fsp3) is 0.583. The minimum absolute atomic E-state index is 0.00225. The molecule has 0 unspecified atom stereocenters. The van der Waals surface area contributed by atoms with Crippen LogP contribution in [0.3, 0.4) is 0 Å². The van der Waals surface area contributed by atoms with Crippen molar-refractivity contribution >= 4 is 11.8 Å². The Bertz CT molecular complexity index is 458. The first-order chi connectivity index (χ1) is 9.00. The average molecular weight is 266 g/mol. The zero-order valence-electron chi connectivity index (χ0n) is 11.4. The third-order valence-corrected chi connectivity index (χ3v) is 3.30. The lowest BCUT2D eigenvalue weighted by Crippen LogP contribution is -2.58. The van der Waals surface area contributed by atoms with E-state index in [4.69, 9.17) is 4.42 Å². The van der Waals surface area contributed by atoms with Gasteiger partial charge < -0.3 is 14.2 Å². The molecule has 2 rings (SSSR count). The predicted molar refractivity (Wildman–Crippen MR) is 67.5 cm³/mol. The SMILES string of the molecule is CN(C)C(=O)[C@@H]1CN(C(=O)c2cnco2)CCN1C. The first kappa shape index (κ1) is 13.5. The molecule has 0 saturated carbocycles. The fourth-order valence-corrected chi connectivity index (χ4v) is 2.10. The van der Waals surface area contributed by atoms with Crippen molar-refractivity contribution in [2.24, 2.45) is 0 Å². The van der Waals surface area contributed by atoms with E-state index in [0.717, 1.165) is 0 Å². The lowest BCUT2D eigenvalue weighted by Gasteiger charge is -2.39. The van der Waals surface area contributed by atoms with Gasteiger partial charge in [-0.3, -0.25) is 14.5 Å². The molecule has 7 heteroatoms. The topological polar surface area (TPSA) is 69.9 Å². The number of oxazole rings is 1. The molecule has 0 bridgehead atoms. The molecule has 7 nitrogen and oxygen atoms in total. The molecule has 0 aromatic carbocycles. The van der Waals surface area contributed by atoms with Crippen molar-refractivity contribution in [2.75, 3.05) is 40.8 Å². The van der Waals surface area contributed by atoms with Crippen LogP contribution in [-0.2, 0) is 4.79 Å². The summed E-state index contributed by atoms with van der Waals surface area (Å²) in [6, 6.07) is -0.310. The van der Waals surface area contributed by atoms with E-state index in [1.165, 1.54) is 12.6 Å². The number of carbonyl (C=O) groups is 2. The first-order valence-electron chi connectivity index (χ1n) is 6.10. The number of hydrogen-bond acceptors (Lipinski definition) is 5. The molecule has 0 aliphatic carbocycles. The van der Waals surface area contributed by atoms with E-state index in [1.807, 2.05) is 11.9 Å². The van der Waals surface area contributed by atoms with Gasteiger partial charge in [0.2, 0.25) is 11.7 Å². The molecule has 19 heavy (non-hydrogen) atoms. The maximum atomic E-state index is 12.2. The van der Waals surface area contributed by atoms with Crippen molar-refractivity contribution in [3.8, 4) is 0 Å². The highest BCUT2D eigenvalue weighted by Crippen LogP contribution is 2.13. The Balaban J connectivity index is 2.09. The maximum absolute atomic E-state index is 12.2. The summed E-state index contributed by atoms with van der Waals surface area (Å²) in [6.07, 6.45) is 2.62. The molecule has 0 N–H and O–H groups in total. The van der Waals surface area contributed by atoms with E-state index in [9.17, 15) is 9.59 Å². The zero-order chi connectivity index (χ0) is 14.0. The highest BCUT2D eigenvalue weighted by molar-refractivity contribution is 5.92. The van der Waals surface area contributed by atoms with Gasteiger partial charge in [-0.15, -0.1) is 0 Å². The van der Waals surface area contributed by atoms with Crippen molar-refractivity contribution in [3.05, 3.63) is 18.4 Å². The highest BCUT2D eigenvalue weighted by atomic mass is 16.3. The van der Waals surface area contributed by atoms with Gasteiger partial charge in [0.15, 0.2) is 6.39 Å². The molecular weight excluding hydrogens is 248 g/mol. The Kier molecular flexibility index (Phi) is 3.84. The molecule has 1 fully saturated rings. The second-order valence-corrected chi connectivity index (χ2v) is 4.85. The fourth-order valence-electron chi connectivity index (χ4n) is 2.10. The van der Waals surface area contributed by atoms with E-state index in [2.05, 4.69) is 4.98 Å². The molecule has 2 heterocycles. The van der Waals surface area contributed by atoms with E-state index >= 15 is 0 Å². The van der Waals surface area contributed by atoms with Crippen LogP contribution in [0.25, 0.3) is 0 Å². The summed E-state index contributed by atoms with van der Waals surface area (Å²) in [5.74, 6) is -0.0136. The van der Waals surface area contributed by atoms with E-state index in [1.54, 1.807) is 23.9 Å². The normalized spacial score (nSPS) is 20.4. The molecule has 0 radical (unpaired) electrons. The lowest BCUT2D eigenvalue weighted by atomic mass is 10.1. The summed E-state index contributed by atoms with van der Waals surface area (Å²) < 4.78 is 5.01. The molecule has 0 spiro atoms.